The lowest BCUT2D eigenvalue weighted by molar-refractivity contribution is -0.143. The van der Waals surface area contributed by atoms with Gasteiger partial charge in [-0.05, 0) is 49.4 Å². The Balaban J connectivity index is 1.76. The number of halogens is 1. The highest BCUT2D eigenvalue weighted by atomic mass is 79.9. The first-order valence-electron chi connectivity index (χ1n) is 8.88. The average Bonchev–Trinajstić information content (AvgIpc) is 2.73. The number of carbonyl (C=O) groups is 2. The van der Waals surface area contributed by atoms with Crippen molar-refractivity contribution in [1.82, 2.24) is 0 Å². The smallest absolute Gasteiger partial charge is 0.152 e. The lowest BCUT2D eigenvalue weighted by Gasteiger charge is -2.56. The molecule has 0 heterocycles. The molecule has 4 rings (SSSR count). The molecule has 0 aliphatic heterocycles. The van der Waals surface area contributed by atoms with Crippen LogP contribution in [0.25, 0.3) is 0 Å². The van der Waals surface area contributed by atoms with Crippen LogP contribution in [0.5, 0.6) is 0 Å². The number of aliphatic hydroxyl groups excluding tert-OH is 1. The molecule has 0 aromatic heterocycles. The van der Waals surface area contributed by atoms with E-state index in [1.54, 1.807) is 0 Å². The maximum atomic E-state index is 13.0. The van der Waals surface area contributed by atoms with E-state index in [-0.39, 0.29) is 27.5 Å². The third-order valence-electron chi connectivity index (χ3n) is 7.61. The van der Waals surface area contributed by atoms with Crippen molar-refractivity contribution in [1.29, 1.82) is 0 Å². The highest BCUT2D eigenvalue weighted by Crippen LogP contribution is 2.64. The number of fused-ring (bicyclic) bond motifs is 5. The predicted molar refractivity (Wildman–Crippen MR) is 91.2 cm³/mol. The van der Waals surface area contributed by atoms with Gasteiger partial charge in [0.1, 0.15) is 5.78 Å². The molecule has 3 saturated carbocycles. The molecule has 23 heavy (non-hydrogen) atoms. The molecule has 3 nitrogen and oxygen atoms in total. The normalized spacial score (nSPS) is 52.5. The Bertz CT molecular complexity index is 612. The van der Waals surface area contributed by atoms with Gasteiger partial charge in [0, 0.05) is 17.8 Å². The van der Waals surface area contributed by atoms with Gasteiger partial charge in [-0.15, -0.1) is 0 Å². The van der Waals surface area contributed by atoms with Gasteiger partial charge in [-0.2, -0.15) is 0 Å². The van der Waals surface area contributed by atoms with Crippen molar-refractivity contribution in [2.75, 3.05) is 0 Å². The SMILES string of the molecule is C[C@]12CC[C@@H](O)C=C1CC(=O)[C@@H]1[C@@H]2CC[C@]2(C)C(=O)[C@H](Br)C[C@@H]12. The molecule has 4 heteroatoms. The summed E-state index contributed by atoms with van der Waals surface area (Å²) in [6.07, 6.45) is 6.44. The number of ketones is 2. The molecule has 0 unspecified atom stereocenters. The average molecular weight is 381 g/mol. The fraction of sp³-hybridized carbons (Fsp3) is 0.789. The third kappa shape index (κ3) is 2.03. The van der Waals surface area contributed by atoms with Crippen LogP contribution in [0.15, 0.2) is 11.6 Å². The minimum absolute atomic E-state index is 0.0256. The molecule has 0 saturated heterocycles. The summed E-state index contributed by atoms with van der Waals surface area (Å²) in [5.74, 6) is 1.16. The topological polar surface area (TPSA) is 54.4 Å². The number of allylic oxidation sites excluding steroid dienone is 1. The summed E-state index contributed by atoms with van der Waals surface area (Å²) in [4.78, 5) is 25.5. The molecule has 4 aliphatic carbocycles. The van der Waals surface area contributed by atoms with Crippen LogP contribution in [0.2, 0.25) is 0 Å². The van der Waals surface area contributed by atoms with Crippen molar-refractivity contribution in [2.45, 2.75) is 63.3 Å². The van der Waals surface area contributed by atoms with Crippen LogP contribution in [0, 0.1) is 28.6 Å². The van der Waals surface area contributed by atoms with Crippen molar-refractivity contribution in [3.63, 3.8) is 0 Å². The van der Waals surface area contributed by atoms with Crippen LogP contribution in [0.1, 0.15) is 52.4 Å². The summed E-state index contributed by atoms with van der Waals surface area (Å²) in [5.41, 5.74) is 0.870. The van der Waals surface area contributed by atoms with E-state index in [0.29, 0.717) is 23.9 Å². The van der Waals surface area contributed by atoms with Crippen LogP contribution in [-0.2, 0) is 9.59 Å². The Morgan fingerprint density at radius 3 is 2.57 bits per heavy atom. The van der Waals surface area contributed by atoms with Gasteiger partial charge < -0.3 is 5.11 Å². The first-order valence-corrected chi connectivity index (χ1v) is 9.79. The molecule has 0 bridgehead atoms. The standard InChI is InChI=1S/C19H25BrO3/c1-18-5-3-11(21)7-10(18)8-15(22)16-12(18)4-6-19(2)13(16)9-14(20)17(19)23/h7,11-14,16,21H,3-6,8-9H2,1-2H3/t11-,12+,13+,14-,16-,18+,19+/m1/s1. The number of carbonyl (C=O) groups excluding carboxylic acids is 2. The van der Waals surface area contributed by atoms with E-state index in [1.807, 2.05) is 6.08 Å². The maximum Gasteiger partial charge on any atom is 0.152 e. The summed E-state index contributed by atoms with van der Waals surface area (Å²) < 4.78 is 0. The van der Waals surface area contributed by atoms with Gasteiger partial charge in [0.15, 0.2) is 5.78 Å². The van der Waals surface area contributed by atoms with Gasteiger partial charge in [-0.3, -0.25) is 9.59 Å². The monoisotopic (exact) mass is 380 g/mol. The van der Waals surface area contributed by atoms with Gasteiger partial charge in [0.25, 0.3) is 0 Å². The molecule has 0 radical (unpaired) electrons. The third-order valence-corrected chi connectivity index (χ3v) is 8.40. The van der Waals surface area contributed by atoms with E-state index in [1.165, 1.54) is 0 Å². The number of Topliss-reactive ketones (excluding diaryl/α,β-unsaturated/α-hetero) is 2. The summed E-state index contributed by atoms with van der Waals surface area (Å²) >= 11 is 3.55. The van der Waals surface area contributed by atoms with Crippen molar-refractivity contribution in [3.05, 3.63) is 11.6 Å². The van der Waals surface area contributed by atoms with Crippen molar-refractivity contribution < 1.29 is 14.7 Å². The molecule has 7 atom stereocenters. The zero-order chi connectivity index (χ0) is 16.6. The Labute approximate surface area is 146 Å². The molecule has 126 valence electrons. The lowest BCUT2D eigenvalue weighted by atomic mass is 9.47. The number of hydrogen-bond acceptors (Lipinski definition) is 3. The molecule has 0 aromatic carbocycles. The Kier molecular flexibility index (Phi) is 3.49. The van der Waals surface area contributed by atoms with Gasteiger partial charge in [0.2, 0.25) is 0 Å². The van der Waals surface area contributed by atoms with Gasteiger partial charge in [-0.25, -0.2) is 0 Å². The predicted octanol–water partition coefficient (Wildman–Crippen LogP) is 3.43. The minimum atomic E-state index is -0.392. The number of rotatable bonds is 0. The maximum absolute atomic E-state index is 13.0. The second kappa shape index (κ2) is 5.01. The first-order chi connectivity index (χ1) is 10.8. The van der Waals surface area contributed by atoms with Gasteiger partial charge in [-0.1, -0.05) is 41.4 Å². The van der Waals surface area contributed by atoms with E-state index in [4.69, 9.17) is 0 Å². The Morgan fingerprint density at radius 2 is 1.83 bits per heavy atom. The van der Waals surface area contributed by atoms with E-state index in [2.05, 4.69) is 29.8 Å². The van der Waals surface area contributed by atoms with E-state index in [9.17, 15) is 14.7 Å². The fourth-order valence-corrected chi connectivity index (χ4v) is 7.09. The number of aliphatic hydroxyl groups is 1. The summed E-state index contributed by atoms with van der Waals surface area (Å²) in [6, 6.07) is 0. The van der Waals surface area contributed by atoms with Crippen LogP contribution < -0.4 is 0 Å². The van der Waals surface area contributed by atoms with Crippen molar-refractivity contribution in [3.8, 4) is 0 Å². The summed E-state index contributed by atoms with van der Waals surface area (Å²) in [7, 11) is 0. The van der Waals surface area contributed by atoms with Crippen molar-refractivity contribution in [2.24, 2.45) is 28.6 Å². The Morgan fingerprint density at radius 1 is 1.13 bits per heavy atom. The number of alkyl halides is 1. The quantitative estimate of drug-likeness (QED) is 0.517. The fourth-order valence-electron chi connectivity index (χ4n) is 6.17. The zero-order valence-electron chi connectivity index (χ0n) is 13.8. The van der Waals surface area contributed by atoms with Crippen LogP contribution >= 0.6 is 15.9 Å². The molecule has 1 N–H and O–H groups in total. The van der Waals surface area contributed by atoms with Crippen LogP contribution in [-0.4, -0.2) is 27.6 Å². The lowest BCUT2D eigenvalue weighted by Crippen LogP contribution is -2.54. The first kappa shape index (κ1) is 16.0. The van der Waals surface area contributed by atoms with E-state index < -0.39 is 6.10 Å². The highest BCUT2D eigenvalue weighted by Gasteiger charge is 2.63. The summed E-state index contributed by atoms with van der Waals surface area (Å²) in [6.45, 7) is 4.38. The molecule has 4 aliphatic rings. The zero-order valence-corrected chi connectivity index (χ0v) is 15.4. The molecular formula is C19H25BrO3. The molecule has 0 spiro atoms. The van der Waals surface area contributed by atoms with Gasteiger partial charge >= 0.3 is 0 Å². The number of hydrogen-bond donors (Lipinski definition) is 1. The largest absolute Gasteiger partial charge is 0.389 e. The molecule has 0 aromatic rings. The van der Waals surface area contributed by atoms with E-state index in [0.717, 1.165) is 37.7 Å². The second-order valence-corrected chi connectivity index (χ2v) is 9.73. The van der Waals surface area contributed by atoms with Crippen LogP contribution in [0.3, 0.4) is 0 Å². The van der Waals surface area contributed by atoms with E-state index >= 15 is 0 Å². The second-order valence-electron chi connectivity index (χ2n) is 8.62. The van der Waals surface area contributed by atoms with Crippen LogP contribution in [0.4, 0.5) is 0 Å². The molecule has 3 fully saturated rings. The molecular weight excluding hydrogens is 356 g/mol. The summed E-state index contributed by atoms with van der Waals surface area (Å²) in [5, 5.41) is 9.97. The highest BCUT2D eigenvalue weighted by molar-refractivity contribution is 9.10. The van der Waals surface area contributed by atoms with Gasteiger partial charge in [0.05, 0.1) is 10.9 Å². The Hall–Kier alpha value is -0.480. The minimum Gasteiger partial charge on any atom is -0.389 e. The molecule has 0 amide bonds. The van der Waals surface area contributed by atoms with Crippen molar-refractivity contribution >= 4 is 27.5 Å².